The zero-order valence-electron chi connectivity index (χ0n) is 14.5. The van der Waals surface area contributed by atoms with E-state index in [-0.39, 0.29) is 18.1 Å². The van der Waals surface area contributed by atoms with Gasteiger partial charge in [-0.1, -0.05) is 30.3 Å². The summed E-state index contributed by atoms with van der Waals surface area (Å²) in [6.07, 6.45) is 8.52. The van der Waals surface area contributed by atoms with Crippen LogP contribution in [0, 0.1) is 11.3 Å². The van der Waals surface area contributed by atoms with E-state index in [4.69, 9.17) is 10.00 Å². The van der Waals surface area contributed by atoms with Gasteiger partial charge in [-0.05, 0) is 43.4 Å². The highest BCUT2D eigenvalue weighted by Gasteiger charge is 2.23. The number of aromatic nitrogens is 1. The number of pyridine rings is 1. The maximum absolute atomic E-state index is 12.1. The van der Waals surface area contributed by atoms with Crippen molar-refractivity contribution in [3.8, 4) is 11.9 Å². The van der Waals surface area contributed by atoms with Gasteiger partial charge in [-0.3, -0.25) is 4.79 Å². The van der Waals surface area contributed by atoms with Crippen LogP contribution in [0.25, 0.3) is 6.08 Å². The average Bonchev–Trinajstić information content (AvgIpc) is 2.69. The van der Waals surface area contributed by atoms with Crippen molar-refractivity contribution in [2.45, 2.75) is 37.8 Å². The van der Waals surface area contributed by atoms with Crippen molar-refractivity contribution in [1.82, 2.24) is 10.3 Å². The Labute approximate surface area is 153 Å². The highest BCUT2D eigenvalue weighted by Crippen LogP contribution is 2.23. The Morgan fingerprint density at radius 1 is 1.15 bits per heavy atom. The number of amides is 1. The molecule has 0 atom stereocenters. The zero-order chi connectivity index (χ0) is 18.2. The second-order valence-corrected chi connectivity index (χ2v) is 6.34. The van der Waals surface area contributed by atoms with Crippen molar-refractivity contribution in [1.29, 1.82) is 5.26 Å². The first-order valence-electron chi connectivity index (χ1n) is 8.79. The predicted molar refractivity (Wildman–Crippen MR) is 99.2 cm³/mol. The van der Waals surface area contributed by atoms with E-state index >= 15 is 0 Å². The maximum atomic E-state index is 12.1. The molecule has 2 aromatic rings. The third kappa shape index (κ3) is 5.18. The molecule has 0 radical (unpaired) electrons. The van der Waals surface area contributed by atoms with Gasteiger partial charge in [-0.25, -0.2) is 4.98 Å². The molecule has 0 unspecified atom stereocenters. The van der Waals surface area contributed by atoms with Crippen LogP contribution in [-0.2, 0) is 4.79 Å². The zero-order valence-corrected chi connectivity index (χ0v) is 14.5. The summed E-state index contributed by atoms with van der Waals surface area (Å²) in [7, 11) is 0. The fourth-order valence-corrected chi connectivity index (χ4v) is 3.00. The molecule has 0 spiro atoms. The van der Waals surface area contributed by atoms with Crippen LogP contribution in [-0.4, -0.2) is 23.0 Å². The number of carbonyl (C=O) groups is 1. The molecule has 5 heteroatoms. The molecule has 1 aromatic carbocycles. The number of benzene rings is 1. The van der Waals surface area contributed by atoms with Gasteiger partial charge in [0.1, 0.15) is 12.2 Å². The summed E-state index contributed by atoms with van der Waals surface area (Å²) in [5.74, 6) is 0.481. The molecule has 1 heterocycles. The standard InChI is InChI=1S/C21H21N3O2/c22-14-17-7-13-21(23-15-17)26-19-10-8-18(9-11-19)24-20(25)12-6-16-4-2-1-3-5-16/h1-7,12-13,15,18-19H,8-11H2,(H,24,25)/b12-6+. The first-order valence-corrected chi connectivity index (χ1v) is 8.79. The first kappa shape index (κ1) is 17.7. The van der Waals surface area contributed by atoms with Crippen LogP contribution in [0.5, 0.6) is 5.88 Å². The molecule has 1 aliphatic carbocycles. The first-order chi connectivity index (χ1) is 12.7. The lowest BCUT2D eigenvalue weighted by Gasteiger charge is -2.28. The quantitative estimate of drug-likeness (QED) is 0.840. The second-order valence-electron chi connectivity index (χ2n) is 6.34. The Balaban J connectivity index is 1.42. The number of nitrogens with zero attached hydrogens (tertiary/aromatic N) is 2. The largest absolute Gasteiger partial charge is 0.474 e. The summed E-state index contributed by atoms with van der Waals surface area (Å²) in [6.45, 7) is 0. The van der Waals surface area contributed by atoms with Crippen LogP contribution in [0.1, 0.15) is 36.8 Å². The molecule has 1 aromatic heterocycles. The molecule has 1 fully saturated rings. The predicted octanol–water partition coefficient (Wildman–Crippen LogP) is 3.47. The van der Waals surface area contributed by atoms with Gasteiger partial charge in [0.25, 0.3) is 0 Å². The Morgan fingerprint density at radius 2 is 1.92 bits per heavy atom. The number of hydrogen-bond acceptors (Lipinski definition) is 4. The van der Waals surface area contributed by atoms with Crippen LogP contribution >= 0.6 is 0 Å². The van der Waals surface area contributed by atoms with Gasteiger partial charge < -0.3 is 10.1 Å². The van der Waals surface area contributed by atoms with Gasteiger partial charge in [0, 0.05) is 24.4 Å². The van der Waals surface area contributed by atoms with E-state index in [1.807, 2.05) is 42.5 Å². The SMILES string of the molecule is N#Cc1ccc(OC2CCC(NC(=O)/C=C/c3ccccc3)CC2)nc1. The van der Waals surface area contributed by atoms with E-state index in [2.05, 4.69) is 10.3 Å². The van der Waals surface area contributed by atoms with Gasteiger partial charge in [0.15, 0.2) is 0 Å². The molecular formula is C21H21N3O2. The van der Waals surface area contributed by atoms with E-state index in [1.54, 1.807) is 18.2 Å². The van der Waals surface area contributed by atoms with Crippen molar-refractivity contribution in [3.63, 3.8) is 0 Å². The Kier molecular flexibility index (Phi) is 6.00. The second kappa shape index (κ2) is 8.82. The highest BCUT2D eigenvalue weighted by atomic mass is 16.5. The molecule has 1 saturated carbocycles. The summed E-state index contributed by atoms with van der Waals surface area (Å²) in [5, 5.41) is 11.8. The number of nitrogens with one attached hydrogen (secondary N) is 1. The monoisotopic (exact) mass is 347 g/mol. The van der Waals surface area contributed by atoms with Crippen molar-refractivity contribution < 1.29 is 9.53 Å². The lowest BCUT2D eigenvalue weighted by atomic mass is 9.93. The summed E-state index contributed by atoms with van der Waals surface area (Å²) in [6, 6.07) is 15.4. The number of ether oxygens (including phenoxy) is 1. The molecule has 1 N–H and O–H groups in total. The number of carbonyl (C=O) groups excluding carboxylic acids is 1. The smallest absolute Gasteiger partial charge is 0.244 e. The average molecular weight is 347 g/mol. The topological polar surface area (TPSA) is 75.0 Å². The van der Waals surface area contributed by atoms with Crippen LogP contribution in [0.3, 0.4) is 0 Å². The minimum absolute atomic E-state index is 0.0630. The molecule has 1 aliphatic rings. The molecule has 0 aliphatic heterocycles. The van der Waals surface area contributed by atoms with Gasteiger partial charge in [-0.15, -0.1) is 0 Å². The van der Waals surface area contributed by atoms with E-state index in [0.29, 0.717) is 11.4 Å². The number of rotatable bonds is 5. The molecule has 26 heavy (non-hydrogen) atoms. The maximum Gasteiger partial charge on any atom is 0.244 e. The van der Waals surface area contributed by atoms with Crippen LogP contribution < -0.4 is 10.1 Å². The molecule has 5 nitrogen and oxygen atoms in total. The van der Waals surface area contributed by atoms with Gasteiger partial charge in [0.2, 0.25) is 11.8 Å². The summed E-state index contributed by atoms with van der Waals surface area (Å²) < 4.78 is 5.87. The van der Waals surface area contributed by atoms with Crippen LogP contribution in [0.2, 0.25) is 0 Å². The third-order valence-electron chi connectivity index (χ3n) is 4.40. The number of hydrogen-bond donors (Lipinski definition) is 1. The van der Waals surface area contributed by atoms with Crippen molar-refractivity contribution >= 4 is 12.0 Å². The normalized spacial score (nSPS) is 19.7. The van der Waals surface area contributed by atoms with Gasteiger partial charge in [-0.2, -0.15) is 5.26 Å². The molecular weight excluding hydrogens is 326 g/mol. The lowest BCUT2D eigenvalue weighted by molar-refractivity contribution is -0.117. The minimum atomic E-state index is -0.0630. The lowest BCUT2D eigenvalue weighted by Crippen LogP contribution is -2.39. The van der Waals surface area contributed by atoms with Crippen LogP contribution in [0.15, 0.2) is 54.7 Å². The summed E-state index contributed by atoms with van der Waals surface area (Å²) >= 11 is 0. The van der Waals surface area contributed by atoms with Gasteiger partial charge in [0.05, 0.1) is 5.56 Å². The molecule has 1 amide bonds. The molecule has 0 bridgehead atoms. The highest BCUT2D eigenvalue weighted by molar-refractivity contribution is 5.91. The fourth-order valence-electron chi connectivity index (χ4n) is 3.00. The number of nitriles is 1. The molecule has 0 saturated heterocycles. The Morgan fingerprint density at radius 3 is 2.58 bits per heavy atom. The minimum Gasteiger partial charge on any atom is -0.474 e. The van der Waals surface area contributed by atoms with Crippen molar-refractivity contribution in [2.75, 3.05) is 0 Å². The fraction of sp³-hybridized carbons (Fsp3) is 0.286. The van der Waals surface area contributed by atoms with Gasteiger partial charge >= 0.3 is 0 Å². The van der Waals surface area contributed by atoms with E-state index < -0.39 is 0 Å². The van der Waals surface area contributed by atoms with E-state index in [9.17, 15) is 4.79 Å². The van der Waals surface area contributed by atoms with Crippen molar-refractivity contribution in [3.05, 3.63) is 65.9 Å². The molecule has 3 rings (SSSR count). The van der Waals surface area contributed by atoms with Crippen molar-refractivity contribution in [2.24, 2.45) is 0 Å². The van der Waals surface area contributed by atoms with E-state index in [0.717, 1.165) is 31.2 Å². The Bertz CT molecular complexity index is 786. The van der Waals surface area contributed by atoms with Crippen LogP contribution in [0.4, 0.5) is 0 Å². The third-order valence-corrected chi connectivity index (χ3v) is 4.40. The van der Waals surface area contributed by atoms with E-state index in [1.165, 1.54) is 6.20 Å². The molecule has 132 valence electrons. The Hall–Kier alpha value is -3.13. The summed E-state index contributed by atoms with van der Waals surface area (Å²) in [5.41, 5.74) is 1.53. The summed E-state index contributed by atoms with van der Waals surface area (Å²) in [4.78, 5) is 16.2.